The molecule has 3 rings (SSSR count). The van der Waals surface area contributed by atoms with Crippen molar-refractivity contribution < 1.29 is 9.21 Å². The van der Waals surface area contributed by atoms with Gasteiger partial charge in [0.05, 0.1) is 17.6 Å². The quantitative estimate of drug-likeness (QED) is 0.787. The fourth-order valence-electron chi connectivity index (χ4n) is 2.09. The van der Waals surface area contributed by atoms with Crippen molar-refractivity contribution in [3.8, 4) is 11.3 Å². The Bertz CT molecular complexity index is 777. The van der Waals surface area contributed by atoms with Crippen LogP contribution in [-0.4, -0.2) is 15.7 Å². The van der Waals surface area contributed by atoms with E-state index in [2.05, 4.69) is 26.3 Å². The second-order valence-corrected chi connectivity index (χ2v) is 5.24. The maximum absolute atomic E-state index is 12.2. The normalized spacial score (nSPS) is 10.6. The summed E-state index contributed by atoms with van der Waals surface area (Å²) < 4.78 is 7.49. The Hall–Kier alpha value is -2.34. The number of aryl methyl sites for hydroxylation is 1. The summed E-state index contributed by atoms with van der Waals surface area (Å²) in [6.45, 7) is 0. The van der Waals surface area contributed by atoms with Crippen LogP contribution in [0.25, 0.3) is 11.3 Å². The second kappa shape index (κ2) is 5.57. The third kappa shape index (κ3) is 2.75. The van der Waals surface area contributed by atoms with E-state index in [-0.39, 0.29) is 11.7 Å². The van der Waals surface area contributed by atoms with E-state index in [0.29, 0.717) is 10.4 Å². The van der Waals surface area contributed by atoms with Gasteiger partial charge in [0.25, 0.3) is 5.91 Å². The molecule has 3 aromatic rings. The molecule has 1 aromatic carbocycles. The number of nitrogens with zero attached hydrogens (tertiary/aromatic N) is 2. The molecule has 21 heavy (non-hydrogen) atoms. The highest BCUT2D eigenvalue weighted by Gasteiger charge is 2.16. The van der Waals surface area contributed by atoms with E-state index in [4.69, 9.17) is 4.42 Å². The summed E-state index contributed by atoms with van der Waals surface area (Å²) >= 11 is 3.18. The zero-order valence-electron chi connectivity index (χ0n) is 11.2. The Labute approximate surface area is 129 Å². The third-order valence-corrected chi connectivity index (χ3v) is 3.46. The molecule has 0 aliphatic heterocycles. The lowest BCUT2D eigenvalue weighted by atomic mass is 10.1. The monoisotopic (exact) mass is 345 g/mol. The summed E-state index contributed by atoms with van der Waals surface area (Å²) in [5, 5.41) is 7.03. The number of rotatable bonds is 3. The highest BCUT2D eigenvalue weighted by molar-refractivity contribution is 9.10. The lowest BCUT2D eigenvalue weighted by molar-refractivity contribution is 0.0995. The molecule has 106 valence electrons. The Morgan fingerprint density at radius 3 is 2.67 bits per heavy atom. The Morgan fingerprint density at radius 1 is 1.24 bits per heavy atom. The van der Waals surface area contributed by atoms with Gasteiger partial charge in [-0.25, -0.2) is 0 Å². The maximum atomic E-state index is 12.2. The molecule has 2 heterocycles. The molecular formula is C15H12BrN3O2. The van der Waals surface area contributed by atoms with Crippen LogP contribution >= 0.6 is 15.9 Å². The predicted molar refractivity (Wildman–Crippen MR) is 83.0 cm³/mol. The van der Waals surface area contributed by atoms with Crippen LogP contribution in [-0.2, 0) is 7.05 Å². The molecule has 5 nitrogen and oxygen atoms in total. The van der Waals surface area contributed by atoms with Crippen LogP contribution in [0, 0.1) is 0 Å². The first kappa shape index (κ1) is 13.6. The Morgan fingerprint density at radius 2 is 2.00 bits per heavy atom. The van der Waals surface area contributed by atoms with E-state index in [0.717, 1.165) is 11.3 Å². The van der Waals surface area contributed by atoms with Crippen molar-refractivity contribution in [3.63, 3.8) is 0 Å². The fourth-order valence-corrected chi connectivity index (χ4v) is 2.39. The summed E-state index contributed by atoms with van der Waals surface area (Å²) in [5.74, 6) is -0.0735. The molecule has 0 saturated heterocycles. The number of benzene rings is 1. The van der Waals surface area contributed by atoms with Gasteiger partial charge >= 0.3 is 0 Å². The fraction of sp³-hybridized carbons (Fsp3) is 0.0667. The molecule has 0 unspecified atom stereocenters. The van der Waals surface area contributed by atoms with Gasteiger partial charge in [0.1, 0.15) is 0 Å². The van der Waals surface area contributed by atoms with Gasteiger partial charge < -0.3 is 9.73 Å². The van der Waals surface area contributed by atoms with Crippen molar-refractivity contribution in [2.75, 3.05) is 5.32 Å². The number of nitrogens with one attached hydrogen (secondary N) is 1. The highest BCUT2D eigenvalue weighted by atomic mass is 79.9. The van der Waals surface area contributed by atoms with Crippen molar-refractivity contribution in [3.05, 3.63) is 59.1 Å². The predicted octanol–water partition coefficient (Wildman–Crippen LogP) is 3.69. The second-order valence-electron chi connectivity index (χ2n) is 4.45. The number of hydrogen-bond acceptors (Lipinski definition) is 3. The number of anilines is 1. The number of amides is 1. The maximum Gasteiger partial charge on any atom is 0.291 e. The van der Waals surface area contributed by atoms with Crippen molar-refractivity contribution >= 4 is 27.5 Å². The topological polar surface area (TPSA) is 60.1 Å². The molecule has 6 heteroatoms. The number of carbonyl (C=O) groups is 1. The molecule has 0 spiro atoms. The van der Waals surface area contributed by atoms with Gasteiger partial charge in [0, 0.05) is 12.6 Å². The summed E-state index contributed by atoms with van der Waals surface area (Å²) in [4.78, 5) is 12.2. The lowest BCUT2D eigenvalue weighted by Gasteiger charge is -2.07. The zero-order chi connectivity index (χ0) is 14.8. The van der Waals surface area contributed by atoms with Crippen LogP contribution in [0.4, 0.5) is 5.69 Å². The average molecular weight is 346 g/mol. The van der Waals surface area contributed by atoms with E-state index in [1.807, 2.05) is 37.4 Å². The third-order valence-electron chi connectivity index (χ3n) is 3.03. The molecule has 0 radical (unpaired) electrons. The van der Waals surface area contributed by atoms with Gasteiger partial charge in [-0.2, -0.15) is 5.10 Å². The van der Waals surface area contributed by atoms with Crippen molar-refractivity contribution in [1.82, 2.24) is 9.78 Å². The lowest BCUT2D eigenvalue weighted by Crippen LogP contribution is -2.11. The van der Waals surface area contributed by atoms with Crippen molar-refractivity contribution in [2.45, 2.75) is 0 Å². The Balaban J connectivity index is 1.92. The van der Waals surface area contributed by atoms with E-state index in [1.54, 1.807) is 23.0 Å². The smallest absolute Gasteiger partial charge is 0.291 e. The van der Waals surface area contributed by atoms with Gasteiger partial charge in [0.15, 0.2) is 10.4 Å². The van der Waals surface area contributed by atoms with Crippen LogP contribution < -0.4 is 5.32 Å². The highest BCUT2D eigenvalue weighted by Crippen LogP contribution is 2.27. The molecule has 0 atom stereocenters. The number of hydrogen-bond donors (Lipinski definition) is 1. The van der Waals surface area contributed by atoms with E-state index in [1.165, 1.54) is 0 Å². The summed E-state index contributed by atoms with van der Waals surface area (Å²) in [6, 6.07) is 13.0. The van der Waals surface area contributed by atoms with Crippen LogP contribution in [0.5, 0.6) is 0 Å². The van der Waals surface area contributed by atoms with Gasteiger partial charge in [-0.1, -0.05) is 30.3 Å². The summed E-state index contributed by atoms with van der Waals surface area (Å²) in [6.07, 6.45) is 1.62. The number of carbonyl (C=O) groups excluding carboxylic acids is 1. The molecule has 1 amide bonds. The van der Waals surface area contributed by atoms with Crippen molar-refractivity contribution in [1.29, 1.82) is 0 Å². The van der Waals surface area contributed by atoms with Gasteiger partial charge in [-0.05, 0) is 28.1 Å². The molecular weight excluding hydrogens is 334 g/mol. The standard InChI is InChI=1S/C15H12BrN3O2/c1-19-14(10-5-3-2-4-6-10)11(9-17-19)18-15(20)12-7-8-13(16)21-12/h2-9H,1H3,(H,18,20). The first-order valence-corrected chi connectivity index (χ1v) is 7.08. The molecule has 0 bridgehead atoms. The molecule has 0 aliphatic rings. The zero-order valence-corrected chi connectivity index (χ0v) is 12.8. The van der Waals surface area contributed by atoms with Crippen LogP contribution in [0.15, 0.2) is 57.7 Å². The summed E-state index contributed by atoms with van der Waals surface area (Å²) in [7, 11) is 1.83. The van der Waals surface area contributed by atoms with Crippen LogP contribution in [0.1, 0.15) is 10.6 Å². The SMILES string of the molecule is Cn1ncc(NC(=O)c2ccc(Br)o2)c1-c1ccccc1. The van der Waals surface area contributed by atoms with Gasteiger partial charge in [-0.3, -0.25) is 9.48 Å². The molecule has 2 aromatic heterocycles. The first-order valence-electron chi connectivity index (χ1n) is 6.29. The largest absolute Gasteiger partial charge is 0.444 e. The molecule has 0 saturated carbocycles. The minimum absolute atomic E-state index is 0.240. The van der Waals surface area contributed by atoms with Gasteiger partial charge in [-0.15, -0.1) is 0 Å². The molecule has 0 fully saturated rings. The minimum Gasteiger partial charge on any atom is -0.444 e. The molecule has 1 N–H and O–H groups in total. The minimum atomic E-state index is -0.314. The average Bonchev–Trinajstić information content (AvgIpc) is 3.06. The first-order chi connectivity index (χ1) is 10.1. The van der Waals surface area contributed by atoms with Gasteiger partial charge in [0.2, 0.25) is 0 Å². The van der Waals surface area contributed by atoms with E-state index >= 15 is 0 Å². The van der Waals surface area contributed by atoms with E-state index in [9.17, 15) is 4.79 Å². The van der Waals surface area contributed by atoms with Crippen LogP contribution in [0.3, 0.4) is 0 Å². The van der Waals surface area contributed by atoms with Crippen molar-refractivity contribution in [2.24, 2.45) is 7.05 Å². The number of halogens is 1. The van der Waals surface area contributed by atoms with E-state index < -0.39 is 0 Å². The summed E-state index contributed by atoms with van der Waals surface area (Å²) in [5.41, 5.74) is 2.46. The Kier molecular flexibility index (Phi) is 3.62. The number of aromatic nitrogens is 2. The van der Waals surface area contributed by atoms with Crippen LogP contribution in [0.2, 0.25) is 0 Å². The molecule has 0 aliphatic carbocycles. The number of furan rings is 1.